The summed E-state index contributed by atoms with van der Waals surface area (Å²) in [5.41, 5.74) is -5.52. The molecule has 0 aromatic heterocycles. The molecule has 0 bridgehead atoms. The Labute approximate surface area is 190 Å². The van der Waals surface area contributed by atoms with Crippen molar-refractivity contribution in [1.29, 1.82) is 0 Å². The van der Waals surface area contributed by atoms with Crippen LogP contribution in [0, 0.1) is 23.7 Å². The van der Waals surface area contributed by atoms with E-state index in [4.69, 9.17) is 16.3 Å². The average Bonchev–Trinajstić information content (AvgIpc) is 2.87. The molecular formula is C23H27ClO8. The van der Waals surface area contributed by atoms with Crippen molar-refractivity contribution in [2.75, 3.05) is 0 Å². The summed E-state index contributed by atoms with van der Waals surface area (Å²) >= 11 is 5.98. The van der Waals surface area contributed by atoms with Gasteiger partial charge in [0.15, 0.2) is 0 Å². The number of hydrogen-bond acceptors (Lipinski definition) is 8. The highest BCUT2D eigenvalue weighted by Gasteiger charge is 2.77. The zero-order chi connectivity index (χ0) is 24.0. The summed E-state index contributed by atoms with van der Waals surface area (Å²) in [5.74, 6) is -2.71. The molecule has 9 heteroatoms. The lowest BCUT2D eigenvalue weighted by atomic mass is 9.43. The van der Waals surface area contributed by atoms with E-state index in [2.05, 4.69) is 0 Å². The van der Waals surface area contributed by atoms with Crippen molar-refractivity contribution >= 4 is 23.9 Å². The van der Waals surface area contributed by atoms with E-state index in [9.17, 15) is 35.1 Å². The lowest BCUT2D eigenvalue weighted by Gasteiger charge is -2.66. The van der Waals surface area contributed by atoms with Crippen LogP contribution < -0.4 is 0 Å². The molecule has 1 aromatic carbocycles. The molecule has 3 aliphatic carbocycles. The molecule has 6 atom stereocenters. The fourth-order valence-electron chi connectivity index (χ4n) is 6.35. The van der Waals surface area contributed by atoms with Gasteiger partial charge in [-0.15, -0.1) is 0 Å². The van der Waals surface area contributed by atoms with Gasteiger partial charge in [0.05, 0.1) is 16.7 Å². The maximum atomic E-state index is 12.9. The monoisotopic (exact) mass is 466 g/mol. The van der Waals surface area contributed by atoms with Gasteiger partial charge < -0.3 is 30.3 Å². The van der Waals surface area contributed by atoms with Gasteiger partial charge in [-0.05, 0) is 36.8 Å². The highest BCUT2D eigenvalue weighted by Crippen LogP contribution is 2.69. The van der Waals surface area contributed by atoms with Gasteiger partial charge in [0.1, 0.15) is 35.1 Å². The first kappa shape index (κ1) is 23.0. The highest BCUT2D eigenvalue weighted by molar-refractivity contribution is 6.33. The topological polar surface area (TPSA) is 145 Å². The van der Waals surface area contributed by atoms with Gasteiger partial charge in [0.2, 0.25) is 0 Å². The normalized spacial score (nSPS) is 39.4. The Kier molecular flexibility index (Phi) is 4.82. The van der Waals surface area contributed by atoms with Crippen molar-refractivity contribution in [3.63, 3.8) is 0 Å². The molecule has 1 aromatic rings. The number of fused-ring (bicyclic) bond motifs is 3. The van der Waals surface area contributed by atoms with E-state index in [1.165, 1.54) is 13.0 Å². The molecule has 5 N–H and O–H groups in total. The van der Waals surface area contributed by atoms with Crippen LogP contribution in [0.4, 0.5) is 0 Å². The second-order valence-corrected chi connectivity index (χ2v) is 10.7. The quantitative estimate of drug-likeness (QED) is 0.336. The molecule has 0 aliphatic heterocycles. The molecule has 2 fully saturated rings. The molecule has 8 nitrogen and oxygen atoms in total. The van der Waals surface area contributed by atoms with Crippen molar-refractivity contribution in [2.45, 2.75) is 63.9 Å². The first-order valence-electron chi connectivity index (χ1n) is 10.4. The standard InChI is InChI=1S/C23H27ClO8/c1-10-15(12(26)5-13(27)16(10)24)19(29)32-14-7-21(4)17-18(28)20(2,3)9-22(17,30)6-11(8-25)23(14,21)31/h5-6,8,14,17-18,26-28,30-31H,7,9H2,1-4H3/t14-,17-,18-,21-,22-,23+/m1/s1. The summed E-state index contributed by atoms with van der Waals surface area (Å²) < 4.78 is 5.52. The molecular weight excluding hydrogens is 440 g/mol. The first-order valence-corrected chi connectivity index (χ1v) is 10.7. The number of aliphatic hydroxyl groups is 3. The zero-order valence-electron chi connectivity index (χ0n) is 18.2. The summed E-state index contributed by atoms with van der Waals surface area (Å²) in [6, 6.07) is 0.917. The number of aliphatic hydroxyl groups excluding tert-OH is 1. The maximum Gasteiger partial charge on any atom is 0.342 e. The molecule has 0 unspecified atom stereocenters. The Morgan fingerprint density at radius 3 is 2.44 bits per heavy atom. The average molecular weight is 467 g/mol. The Balaban J connectivity index is 1.72. The van der Waals surface area contributed by atoms with Crippen LogP contribution in [0.25, 0.3) is 0 Å². The van der Waals surface area contributed by atoms with Crippen molar-refractivity contribution in [3.8, 4) is 11.5 Å². The van der Waals surface area contributed by atoms with E-state index in [0.29, 0.717) is 6.29 Å². The van der Waals surface area contributed by atoms with Crippen LogP contribution in [0.2, 0.25) is 5.02 Å². The number of aromatic hydroxyl groups is 2. The molecule has 0 saturated heterocycles. The van der Waals surface area contributed by atoms with E-state index in [-0.39, 0.29) is 34.6 Å². The zero-order valence-corrected chi connectivity index (χ0v) is 19.0. The second kappa shape index (κ2) is 6.70. The fraction of sp³-hybridized carbons (Fsp3) is 0.565. The molecule has 3 aliphatic rings. The lowest BCUT2D eigenvalue weighted by molar-refractivity contribution is -0.272. The number of carbonyl (C=O) groups is 2. The summed E-state index contributed by atoms with van der Waals surface area (Å²) in [4.78, 5) is 24.8. The number of rotatable bonds is 3. The van der Waals surface area contributed by atoms with Gasteiger partial charge in [-0.1, -0.05) is 32.4 Å². The number of ether oxygens (including phenoxy) is 1. The van der Waals surface area contributed by atoms with Gasteiger partial charge in [-0.3, -0.25) is 4.79 Å². The third-order valence-corrected chi connectivity index (χ3v) is 8.39. The van der Waals surface area contributed by atoms with Crippen molar-refractivity contribution in [3.05, 3.63) is 33.9 Å². The molecule has 2 saturated carbocycles. The van der Waals surface area contributed by atoms with E-state index < -0.39 is 57.6 Å². The van der Waals surface area contributed by atoms with Gasteiger partial charge >= 0.3 is 5.97 Å². The SMILES string of the molecule is Cc1c(Cl)c(O)cc(O)c1C(=O)O[C@@H]1C[C@]2(C)[C@H]3[C@@H](O)C(C)(C)C[C@]3(O)C=C(C=O)[C@]12O. The number of aldehydes is 1. The first-order chi connectivity index (χ1) is 14.6. The minimum Gasteiger partial charge on any atom is -0.507 e. The molecule has 174 valence electrons. The minimum atomic E-state index is -1.94. The van der Waals surface area contributed by atoms with Gasteiger partial charge in [-0.25, -0.2) is 4.79 Å². The maximum absolute atomic E-state index is 12.9. The fourth-order valence-corrected chi connectivity index (χ4v) is 6.50. The molecule has 0 heterocycles. The van der Waals surface area contributed by atoms with Crippen LogP contribution in [0.5, 0.6) is 11.5 Å². The van der Waals surface area contributed by atoms with Gasteiger partial charge in [0.25, 0.3) is 0 Å². The van der Waals surface area contributed by atoms with Gasteiger partial charge in [-0.2, -0.15) is 0 Å². The minimum absolute atomic E-state index is 0.0756. The molecule has 0 spiro atoms. The van der Waals surface area contributed by atoms with Crippen LogP contribution in [0.15, 0.2) is 17.7 Å². The Morgan fingerprint density at radius 2 is 1.84 bits per heavy atom. The number of halogens is 1. The third kappa shape index (κ3) is 2.67. The Bertz CT molecular complexity index is 1060. The van der Waals surface area contributed by atoms with Crippen molar-refractivity contribution in [2.24, 2.45) is 16.7 Å². The largest absolute Gasteiger partial charge is 0.507 e. The molecule has 0 amide bonds. The Hall–Kier alpha value is -2.13. The number of phenolic OH excluding ortho intramolecular Hbond substituents is 2. The summed E-state index contributed by atoms with van der Waals surface area (Å²) in [6.07, 6.45) is -0.130. The molecule has 0 radical (unpaired) electrons. The summed E-state index contributed by atoms with van der Waals surface area (Å²) in [6.45, 7) is 6.70. The second-order valence-electron chi connectivity index (χ2n) is 10.3. The van der Waals surface area contributed by atoms with Crippen LogP contribution in [-0.2, 0) is 9.53 Å². The predicted octanol–water partition coefficient (Wildman–Crippen LogP) is 2.00. The molecule has 4 rings (SSSR count). The van der Waals surface area contributed by atoms with E-state index >= 15 is 0 Å². The van der Waals surface area contributed by atoms with Crippen molar-refractivity contribution in [1.82, 2.24) is 0 Å². The highest BCUT2D eigenvalue weighted by atomic mass is 35.5. The smallest absolute Gasteiger partial charge is 0.342 e. The van der Waals surface area contributed by atoms with Crippen LogP contribution >= 0.6 is 11.6 Å². The number of carbonyl (C=O) groups excluding carboxylic acids is 2. The third-order valence-electron chi connectivity index (χ3n) is 7.91. The van der Waals surface area contributed by atoms with Crippen LogP contribution in [0.3, 0.4) is 0 Å². The van der Waals surface area contributed by atoms with Crippen LogP contribution in [-0.4, -0.2) is 61.2 Å². The number of esters is 1. The van der Waals surface area contributed by atoms with Crippen LogP contribution in [0.1, 0.15) is 49.5 Å². The van der Waals surface area contributed by atoms with E-state index in [0.717, 1.165) is 6.07 Å². The Morgan fingerprint density at radius 1 is 1.22 bits per heavy atom. The molecule has 32 heavy (non-hydrogen) atoms. The summed E-state index contributed by atoms with van der Waals surface area (Å²) in [7, 11) is 0. The number of phenols is 2. The number of benzene rings is 1. The van der Waals surface area contributed by atoms with Gasteiger partial charge in [0, 0.05) is 23.0 Å². The van der Waals surface area contributed by atoms with Crippen molar-refractivity contribution < 1.29 is 39.9 Å². The predicted molar refractivity (Wildman–Crippen MR) is 113 cm³/mol. The van der Waals surface area contributed by atoms with E-state index in [1.807, 2.05) is 0 Å². The lowest BCUT2D eigenvalue weighted by Crippen LogP contribution is -2.76. The van der Waals surface area contributed by atoms with E-state index in [1.54, 1.807) is 20.8 Å². The number of hydrogen-bond donors (Lipinski definition) is 5. The summed E-state index contributed by atoms with van der Waals surface area (Å²) in [5, 5.41) is 53.7.